The van der Waals surface area contributed by atoms with Crippen LogP contribution < -0.4 is 10.6 Å². The highest BCUT2D eigenvalue weighted by Gasteiger charge is 2.24. The SMILES string of the molecule is COC(=O)Nc1cc(-c2c(C(=O)Nc3ccc(Cl)c(Cl)c3)c3ccc2o3)ccn1. The number of hydrogen-bond donors (Lipinski definition) is 2. The first kappa shape index (κ1) is 19.0. The quantitative estimate of drug-likeness (QED) is 0.435. The lowest BCUT2D eigenvalue weighted by Gasteiger charge is -2.09. The zero-order chi connectivity index (χ0) is 20.5. The van der Waals surface area contributed by atoms with Gasteiger partial charge in [0.25, 0.3) is 5.91 Å². The molecule has 1 aromatic carbocycles. The standard InChI is InChI=1S/C20H13Cl2N3O4/c1-28-20(27)25-16-8-10(6-7-23-16)17-14-4-5-15(29-14)18(17)19(26)24-11-2-3-12(21)13(22)9-11/h2-9H,1H3,(H,24,26)(H,23,25,27). The third-order valence-electron chi connectivity index (χ3n) is 4.22. The highest BCUT2D eigenvalue weighted by atomic mass is 35.5. The first-order chi connectivity index (χ1) is 14.0. The molecule has 7 nitrogen and oxygen atoms in total. The van der Waals surface area contributed by atoms with Gasteiger partial charge >= 0.3 is 6.09 Å². The number of ether oxygens (including phenoxy) is 1. The Morgan fingerprint density at radius 3 is 2.55 bits per heavy atom. The van der Waals surface area contributed by atoms with Gasteiger partial charge in [0.05, 0.1) is 22.7 Å². The van der Waals surface area contributed by atoms with Crippen molar-refractivity contribution in [3.8, 4) is 11.1 Å². The van der Waals surface area contributed by atoms with E-state index in [1.165, 1.54) is 13.3 Å². The Labute approximate surface area is 174 Å². The number of carbonyl (C=O) groups is 2. The van der Waals surface area contributed by atoms with Gasteiger partial charge in [-0.1, -0.05) is 23.2 Å². The smallest absolute Gasteiger partial charge is 0.412 e. The van der Waals surface area contributed by atoms with Crippen molar-refractivity contribution in [1.29, 1.82) is 0 Å². The summed E-state index contributed by atoms with van der Waals surface area (Å²) in [5.74, 6) is -0.0875. The summed E-state index contributed by atoms with van der Waals surface area (Å²) in [5, 5.41) is 6.02. The van der Waals surface area contributed by atoms with Gasteiger partial charge in [0, 0.05) is 17.4 Å². The molecule has 2 bridgehead atoms. The summed E-state index contributed by atoms with van der Waals surface area (Å²) in [7, 11) is 1.26. The van der Waals surface area contributed by atoms with Gasteiger partial charge in [-0.3, -0.25) is 10.1 Å². The highest BCUT2D eigenvalue weighted by molar-refractivity contribution is 6.42. The largest absolute Gasteiger partial charge is 0.456 e. The lowest BCUT2D eigenvalue weighted by molar-refractivity contribution is 0.102. The number of amides is 2. The van der Waals surface area contributed by atoms with E-state index in [1.807, 2.05) is 0 Å². The molecule has 0 aliphatic carbocycles. The molecule has 4 rings (SSSR count). The van der Waals surface area contributed by atoms with Crippen molar-refractivity contribution in [2.75, 3.05) is 17.7 Å². The van der Waals surface area contributed by atoms with Gasteiger partial charge in [0.15, 0.2) is 0 Å². The van der Waals surface area contributed by atoms with E-state index in [0.717, 1.165) is 0 Å². The van der Waals surface area contributed by atoms with Crippen LogP contribution in [0.2, 0.25) is 10.0 Å². The number of halogens is 2. The molecule has 2 amide bonds. The molecule has 0 spiro atoms. The van der Waals surface area contributed by atoms with Crippen LogP contribution in [0.15, 0.2) is 53.1 Å². The average molecular weight is 430 g/mol. The van der Waals surface area contributed by atoms with Crippen molar-refractivity contribution < 1.29 is 18.7 Å². The first-order valence-corrected chi connectivity index (χ1v) is 9.14. The maximum absolute atomic E-state index is 13.0. The number of nitrogens with one attached hydrogen (secondary N) is 2. The van der Waals surface area contributed by atoms with Crippen molar-refractivity contribution in [3.05, 3.63) is 64.3 Å². The molecule has 3 heterocycles. The Balaban J connectivity index is 1.70. The molecule has 0 unspecified atom stereocenters. The topological polar surface area (TPSA) is 93.5 Å². The van der Waals surface area contributed by atoms with Gasteiger partial charge in [-0.05, 0) is 48.0 Å². The maximum atomic E-state index is 13.0. The normalized spacial score (nSPS) is 10.9. The second kappa shape index (κ2) is 7.62. The second-order valence-electron chi connectivity index (χ2n) is 6.04. The number of anilines is 2. The highest BCUT2D eigenvalue weighted by Crippen LogP contribution is 2.38. The molecule has 0 fully saturated rings. The van der Waals surface area contributed by atoms with Crippen molar-refractivity contribution in [2.45, 2.75) is 0 Å². The van der Waals surface area contributed by atoms with Crippen LogP contribution in [0.4, 0.5) is 16.3 Å². The zero-order valence-corrected chi connectivity index (χ0v) is 16.5. The number of aromatic nitrogens is 1. The number of methoxy groups -OCH3 is 1. The number of nitrogens with zero attached hydrogens (tertiary/aromatic N) is 1. The average Bonchev–Trinajstić information content (AvgIpc) is 3.32. The Morgan fingerprint density at radius 2 is 1.79 bits per heavy atom. The molecule has 0 radical (unpaired) electrons. The molecule has 2 N–H and O–H groups in total. The van der Waals surface area contributed by atoms with Crippen molar-refractivity contribution >= 4 is 57.9 Å². The summed E-state index contributed by atoms with van der Waals surface area (Å²) >= 11 is 11.9. The van der Waals surface area contributed by atoms with Crippen LogP contribution in [0, 0.1) is 0 Å². The number of carbonyl (C=O) groups excluding carboxylic acids is 2. The van der Waals surface area contributed by atoms with Crippen LogP contribution in [0.3, 0.4) is 0 Å². The monoisotopic (exact) mass is 429 g/mol. The molecule has 4 aromatic rings. The minimum Gasteiger partial charge on any atom is -0.456 e. The summed E-state index contributed by atoms with van der Waals surface area (Å²) in [5.41, 5.74) is 3.08. The van der Waals surface area contributed by atoms with Gasteiger partial charge in [0.1, 0.15) is 17.0 Å². The van der Waals surface area contributed by atoms with E-state index in [1.54, 1.807) is 42.5 Å². The Hall–Kier alpha value is -3.29. The minimum atomic E-state index is -0.646. The van der Waals surface area contributed by atoms with Gasteiger partial charge in [-0.15, -0.1) is 0 Å². The van der Waals surface area contributed by atoms with Crippen LogP contribution in [0.5, 0.6) is 0 Å². The number of rotatable bonds is 4. The van der Waals surface area contributed by atoms with Gasteiger partial charge < -0.3 is 14.5 Å². The number of furan rings is 2. The number of pyridine rings is 1. The predicted molar refractivity (Wildman–Crippen MR) is 111 cm³/mol. The summed E-state index contributed by atoms with van der Waals surface area (Å²) in [6.45, 7) is 0. The molecular formula is C20H13Cl2N3O4. The molecule has 0 atom stereocenters. The van der Waals surface area contributed by atoms with Crippen molar-refractivity contribution in [1.82, 2.24) is 4.98 Å². The van der Waals surface area contributed by atoms with Gasteiger partial charge in [-0.2, -0.15) is 0 Å². The predicted octanol–water partition coefficient (Wildman–Crippen LogP) is 5.67. The molecule has 3 aromatic heterocycles. The third kappa shape index (κ3) is 3.70. The maximum Gasteiger partial charge on any atom is 0.412 e. The number of fused-ring (bicyclic) bond motifs is 2. The third-order valence-corrected chi connectivity index (χ3v) is 4.96. The molecule has 0 saturated heterocycles. The Morgan fingerprint density at radius 1 is 1.00 bits per heavy atom. The fourth-order valence-electron chi connectivity index (χ4n) is 2.94. The summed E-state index contributed by atoms with van der Waals surface area (Å²) in [6.07, 6.45) is 0.871. The van der Waals surface area contributed by atoms with Gasteiger partial charge in [-0.25, -0.2) is 9.78 Å². The lowest BCUT2D eigenvalue weighted by Crippen LogP contribution is -2.13. The van der Waals surface area contributed by atoms with Crippen LogP contribution in [-0.4, -0.2) is 24.1 Å². The van der Waals surface area contributed by atoms with E-state index in [9.17, 15) is 9.59 Å². The van der Waals surface area contributed by atoms with Crippen LogP contribution in [0.1, 0.15) is 10.4 Å². The molecule has 0 saturated carbocycles. The van der Waals surface area contributed by atoms with Crippen LogP contribution in [-0.2, 0) is 4.74 Å². The molecular weight excluding hydrogens is 417 g/mol. The Bertz CT molecular complexity index is 1220. The lowest BCUT2D eigenvalue weighted by atomic mass is 10.00. The summed E-state index contributed by atoms with van der Waals surface area (Å²) in [6, 6.07) is 11.7. The zero-order valence-electron chi connectivity index (χ0n) is 15.0. The van der Waals surface area contributed by atoms with Crippen molar-refractivity contribution in [2.24, 2.45) is 0 Å². The first-order valence-electron chi connectivity index (χ1n) is 8.39. The summed E-state index contributed by atoms with van der Waals surface area (Å²) < 4.78 is 10.3. The second-order valence-corrected chi connectivity index (χ2v) is 6.86. The van der Waals surface area contributed by atoms with E-state index < -0.39 is 6.09 Å². The number of hydrogen-bond acceptors (Lipinski definition) is 5. The van der Waals surface area contributed by atoms with E-state index in [-0.39, 0.29) is 11.7 Å². The van der Waals surface area contributed by atoms with E-state index in [4.69, 9.17) is 27.6 Å². The fourth-order valence-corrected chi connectivity index (χ4v) is 3.24. The fraction of sp³-hybridized carbons (Fsp3) is 0.0500. The molecule has 29 heavy (non-hydrogen) atoms. The van der Waals surface area contributed by atoms with Crippen LogP contribution in [0.25, 0.3) is 22.3 Å². The van der Waals surface area contributed by atoms with Gasteiger partial charge in [0.2, 0.25) is 0 Å². The molecule has 0 aliphatic rings. The van der Waals surface area contributed by atoms with E-state index in [0.29, 0.717) is 43.6 Å². The number of benzene rings is 2. The molecule has 146 valence electrons. The van der Waals surface area contributed by atoms with Crippen molar-refractivity contribution in [3.63, 3.8) is 0 Å². The van der Waals surface area contributed by atoms with E-state index in [2.05, 4.69) is 20.4 Å². The van der Waals surface area contributed by atoms with E-state index >= 15 is 0 Å². The Kier molecular flexibility index (Phi) is 5.00. The molecule has 0 aliphatic heterocycles. The molecule has 9 heteroatoms. The summed E-state index contributed by atoms with van der Waals surface area (Å²) in [4.78, 5) is 28.5. The van der Waals surface area contributed by atoms with Crippen LogP contribution >= 0.6 is 23.2 Å². The minimum absolute atomic E-state index is 0.281.